The predicted molar refractivity (Wildman–Crippen MR) is 61.8 cm³/mol. The van der Waals surface area contributed by atoms with E-state index in [2.05, 4.69) is 20.7 Å². The lowest BCUT2D eigenvalue weighted by molar-refractivity contribution is 0.670. The molecule has 0 saturated carbocycles. The highest BCUT2D eigenvalue weighted by atomic mass is 32.1. The third-order valence-electron chi connectivity index (χ3n) is 2.07. The molecule has 4 heteroatoms. The molecule has 2 aromatic heterocycles. The molecule has 1 N–H and O–H groups in total. The van der Waals surface area contributed by atoms with Crippen molar-refractivity contribution in [3.8, 4) is 0 Å². The number of aromatic nitrogens is 2. The van der Waals surface area contributed by atoms with E-state index in [9.17, 15) is 0 Å². The summed E-state index contributed by atoms with van der Waals surface area (Å²) in [5, 5.41) is 5.43. The zero-order valence-corrected chi connectivity index (χ0v) is 9.20. The Kier molecular flexibility index (Phi) is 3.82. The summed E-state index contributed by atoms with van der Waals surface area (Å²) in [4.78, 5) is 8.46. The van der Waals surface area contributed by atoms with Crippen molar-refractivity contribution in [2.75, 3.05) is 6.54 Å². The second-order valence-corrected chi connectivity index (χ2v) is 3.95. The number of nitrogens with one attached hydrogen (secondary N) is 1. The number of nitrogens with zero attached hydrogens (tertiary/aromatic N) is 2. The summed E-state index contributed by atoms with van der Waals surface area (Å²) in [5.41, 5.74) is 4.11. The summed E-state index contributed by atoms with van der Waals surface area (Å²) in [6.07, 6.45) is 2.80. The zero-order valence-electron chi connectivity index (χ0n) is 8.39. The Morgan fingerprint density at radius 2 is 2.20 bits per heavy atom. The molecule has 0 radical (unpaired) electrons. The smallest absolute Gasteiger partial charge is 0.0794 e. The number of thiazole rings is 1. The van der Waals surface area contributed by atoms with Gasteiger partial charge in [-0.15, -0.1) is 11.3 Å². The fourth-order valence-corrected chi connectivity index (χ4v) is 1.89. The van der Waals surface area contributed by atoms with Gasteiger partial charge in [0, 0.05) is 31.1 Å². The second kappa shape index (κ2) is 5.58. The van der Waals surface area contributed by atoms with E-state index in [0.29, 0.717) is 0 Å². The molecule has 0 amide bonds. The van der Waals surface area contributed by atoms with Crippen molar-refractivity contribution in [2.45, 2.75) is 13.0 Å². The van der Waals surface area contributed by atoms with E-state index in [1.807, 2.05) is 29.9 Å². The molecule has 78 valence electrons. The van der Waals surface area contributed by atoms with Crippen LogP contribution in [0.25, 0.3) is 0 Å². The lowest BCUT2D eigenvalue weighted by atomic mass is 10.3. The minimum Gasteiger partial charge on any atom is -0.311 e. The Labute approximate surface area is 93.2 Å². The van der Waals surface area contributed by atoms with Crippen molar-refractivity contribution < 1.29 is 0 Å². The highest BCUT2D eigenvalue weighted by Crippen LogP contribution is 2.00. The van der Waals surface area contributed by atoms with Gasteiger partial charge in [0.15, 0.2) is 0 Å². The van der Waals surface area contributed by atoms with Gasteiger partial charge in [0.2, 0.25) is 0 Å². The minimum atomic E-state index is 0.824. The van der Waals surface area contributed by atoms with Crippen molar-refractivity contribution >= 4 is 11.3 Å². The summed E-state index contributed by atoms with van der Waals surface area (Å²) < 4.78 is 0. The summed E-state index contributed by atoms with van der Waals surface area (Å²) in [7, 11) is 0. The van der Waals surface area contributed by atoms with Gasteiger partial charge < -0.3 is 5.32 Å². The molecule has 0 unspecified atom stereocenters. The SMILES string of the molecule is c1ccc(CNCCc2cscn2)nc1. The highest BCUT2D eigenvalue weighted by molar-refractivity contribution is 7.07. The van der Waals surface area contributed by atoms with E-state index in [-0.39, 0.29) is 0 Å². The first-order chi connectivity index (χ1) is 7.45. The van der Waals surface area contributed by atoms with Gasteiger partial charge in [-0.05, 0) is 12.1 Å². The molecule has 0 aromatic carbocycles. The van der Waals surface area contributed by atoms with Crippen LogP contribution >= 0.6 is 11.3 Å². The van der Waals surface area contributed by atoms with Crippen LogP contribution in [-0.2, 0) is 13.0 Å². The Balaban J connectivity index is 1.68. The largest absolute Gasteiger partial charge is 0.311 e. The molecule has 0 fully saturated rings. The lowest BCUT2D eigenvalue weighted by Gasteiger charge is -2.02. The van der Waals surface area contributed by atoms with Crippen LogP contribution in [0.5, 0.6) is 0 Å². The first kappa shape index (κ1) is 10.3. The maximum Gasteiger partial charge on any atom is 0.0794 e. The van der Waals surface area contributed by atoms with Crippen LogP contribution in [0.3, 0.4) is 0 Å². The molecule has 15 heavy (non-hydrogen) atoms. The van der Waals surface area contributed by atoms with E-state index in [1.165, 1.54) is 0 Å². The molecule has 0 spiro atoms. The molecular weight excluding hydrogens is 206 g/mol. The molecule has 0 bridgehead atoms. The fraction of sp³-hybridized carbons (Fsp3) is 0.273. The third-order valence-corrected chi connectivity index (χ3v) is 2.71. The van der Waals surface area contributed by atoms with E-state index >= 15 is 0 Å². The molecule has 0 aliphatic carbocycles. The molecule has 3 nitrogen and oxygen atoms in total. The van der Waals surface area contributed by atoms with E-state index in [4.69, 9.17) is 0 Å². The molecule has 2 rings (SSSR count). The highest BCUT2D eigenvalue weighted by Gasteiger charge is 1.95. The van der Waals surface area contributed by atoms with Crippen LogP contribution in [0.2, 0.25) is 0 Å². The van der Waals surface area contributed by atoms with E-state index in [1.54, 1.807) is 11.3 Å². The predicted octanol–water partition coefficient (Wildman–Crippen LogP) is 1.87. The van der Waals surface area contributed by atoms with Gasteiger partial charge in [-0.1, -0.05) is 6.07 Å². The molecular formula is C11H13N3S. The Morgan fingerprint density at radius 3 is 2.93 bits per heavy atom. The standard InChI is InChI=1S/C11H13N3S/c1-2-5-13-10(3-1)7-12-6-4-11-8-15-9-14-11/h1-3,5,8-9,12H,4,6-7H2. The molecule has 0 atom stereocenters. The fourth-order valence-electron chi connectivity index (χ4n) is 1.30. The lowest BCUT2D eigenvalue weighted by Crippen LogP contribution is -2.17. The number of hydrogen-bond acceptors (Lipinski definition) is 4. The van der Waals surface area contributed by atoms with Crippen LogP contribution in [0.15, 0.2) is 35.3 Å². The minimum absolute atomic E-state index is 0.824. The summed E-state index contributed by atoms with van der Waals surface area (Å²) in [6.45, 7) is 1.77. The normalized spacial score (nSPS) is 10.4. The molecule has 0 aliphatic rings. The number of pyridine rings is 1. The van der Waals surface area contributed by atoms with Crippen molar-refractivity contribution in [1.82, 2.24) is 15.3 Å². The second-order valence-electron chi connectivity index (χ2n) is 3.23. The topological polar surface area (TPSA) is 37.8 Å². The third kappa shape index (κ3) is 3.42. The van der Waals surface area contributed by atoms with E-state index < -0.39 is 0 Å². The first-order valence-corrected chi connectivity index (χ1v) is 5.87. The Bertz CT molecular complexity index is 372. The van der Waals surface area contributed by atoms with Gasteiger partial charge in [-0.3, -0.25) is 4.98 Å². The van der Waals surface area contributed by atoms with Crippen molar-refractivity contribution in [3.63, 3.8) is 0 Å². The van der Waals surface area contributed by atoms with E-state index in [0.717, 1.165) is 30.9 Å². The van der Waals surface area contributed by atoms with Crippen molar-refractivity contribution in [1.29, 1.82) is 0 Å². The van der Waals surface area contributed by atoms with Crippen molar-refractivity contribution in [3.05, 3.63) is 46.7 Å². The van der Waals surface area contributed by atoms with Crippen LogP contribution in [0.1, 0.15) is 11.4 Å². The monoisotopic (exact) mass is 219 g/mol. The van der Waals surface area contributed by atoms with Crippen LogP contribution in [-0.4, -0.2) is 16.5 Å². The van der Waals surface area contributed by atoms with Crippen LogP contribution in [0.4, 0.5) is 0 Å². The van der Waals surface area contributed by atoms with Gasteiger partial charge in [0.05, 0.1) is 16.9 Å². The zero-order chi connectivity index (χ0) is 10.3. The molecule has 2 aromatic rings. The molecule has 0 saturated heterocycles. The molecule has 2 heterocycles. The van der Waals surface area contributed by atoms with Crippen LogP contribution in [0, 0.1) is 0 Å². The number of hydrogen-bond donors (Lipinski definition) is 1. The quantitative estimate of drug-likeness (QED) is 0.780. The average Bonchev–Trinajstić information content (AvgIpc) is 2.79. The van der Waals surface area contributed by atoms with Gasteiger partial charge in [0.1, 0.15) is 0 Å². The molecule has 0 aliphatic heterocycles. The Hall–Kier alpha value is -1.26. The Morgan fingerprint density at radius 1 is 1.20 bits per heavy atom. The summed E-state index contributed by atoms with van der Waals surface area (Å²) in [5.74, 6) is 0. The van der Waals surface area contributed by atoms with Crippen LogP contribution < -0.4 is 5.32 Å². The summed E-state index contributed by atoms with van der Waals surface area (Å²) >= 11 is 1.64. The average molecular weight is 219 g/mol. The van der Waals surface area contributed by atoms with Crippen molar-refractivity contribution in [2.24, 2.45) is 0 Å². The summed E-state index contributed by atoms with van der Waals surface area (Å²) in [6, 6.07) is 5.96. The van der Waals surface area contributed by atoms with Gasteiger partial charge >= 0.3 is 0 Å². The van der Waals surface area contributed by atoms with Gasteiger partial charge in [0.25, 0.3) is 0 Å². The van der Waals surface area contributed by atoms with Gasteiger partial charge in [-0.25, -0.2) is 4.98 Å². The van der Waals surface area contributed by atoms with Gasteiger partial charge in [-0.2, -0.15) is 0 Å². The maximum absolute atomic E-state index is 4.24. The maximum atomic E-state index is 4.24. The number of rotatable bonds is 5. The first-order valence-electron chi connectivity index (χ1n) is 4.93.